The van der Waals surface area contributed by atoms with Crippen LogP contribution in [0.5, 0.6) is 0 Å². The van der Waals surface area contributed by atoms with Gasteiger partial charge in [-0.15, -0.1) is 0 Å². The van der Waals surface area contributed by atoms with Gasteiger partial charge >= 0.3 is 76.8 Å². The molecule has 0 aromatic carbocycles. The van der Waals surface area contributed by atoms with Gasteiger partial charge in [0.05, 0.1) is 0 Å². The maximum Gasteiger partial charge on any atom is -0.870 e. The Morgan fingerprint density at radius 3 is 0.923 bits per heavy atom. The van der Waals surface area contributed by atoms with Crippen molar-refractivity contribution in [2.24, 2.45) is 0 Å². The monoisotopic (exact) mass is 599 g/mol. The Morgan fingerprint density at radius 1 is 0.923 bits per heavy atom. The van der Waals surface area contributed by atoms with Gasteiger partial charge in [0.25, 0.3) is 0 Å². The molecule has 0 rings (SSSR count). The molecule has 0 aliphatic heterocycles. The number of rotatable bonds is 0. The Morgan fingerprint density at radius 2 is 0.923 bits per heavy atom. The Balaban J connectivity index is -0.0000000240. The minimum absolute atomic E-state index is 0. The topological polar surface area (TPSA) is 110 Å². The van der Waals surface area contributed by atoms with Crippen LogP contribution in [0, 0.1) is 33.3 Å². The van der Waals surface area contributed by atoms with Crippen molar-refractivity contribution in [1.82, 2.24) is 0 Å². The zero-order valence-electron chi connectivity index (χ0n) is 6.24. The van der Waals surface area contributed by atoms with Crippen LogP contribution >= 0.6 is 0 Å². The Labute approximate surface area is 135 Å². The van der Waals surface area contributed by atoms with E-state index in [2.05, 4.69) is 33.3 Å². The third-order valence-corrected chi connectivity index (χ3v) is 0. The maximum atomic E-state index is 8.52. The van der Waals surface area contributed by atoms with Crippen LogP contribution in [-0.4, -0.2) is 23.0 Å². The largest absolute Gasteiger partial charge is 0.870 e. The van der Waals surface area contributed by atoms with Gasteiger partial charge in [0, 0.05) is 37.7 Å². The van der Waals surface area contributed by atoms with Crippen LogP contribution in [0.4, 0.5) is 0 Å². The molecule has 13 heteroatoms. The molecule has 1 N–H and O–H groups in total. The first-order valence-electron chi connectivity index (χ1n) is 1.82. The summed E-state index contributed by atoms with van der Waals surface area (Å²) in [6, 6.07) is 0. The zero-order chi connectivity index (χ0) is 9.91. The zero-order valence-corrected chi connectivity index (χ0v) is 22.4. The molecule has 0 saturated heterocycles. The summed E-state index contributed by atoms with van der Waals surface area (Å²) in [6.07, 6.45) is 0. The van der Waals surface area contributed by atoms with E-state index in [-0.39, 0.29) is 32.8 Å². The summed E-state index contributed by atoms with van der Waals surface area (Å²) in [4.78, 5) is 0. The second-order valence-electron chi connectivity index (χ2n) is 0.644. The van der Waals surface area contributed by atoms with Gasteiger partial charge in [-0.3, -0.25) is 8.42 Å². The molecule has 0 heterocycles. The molecule has 13 heavy (non-hydrogen) atoms. The van der Waals surface area contributed by atoms with Crippen molar-refractivity contribution in [3.63, 3.8) is 0 Å². The smallest absolute Gasteiger partial charge is 0.870 e. The molecule has 0 amide bonds. The minimum Gasteiger partial charge on any atom is -0.870 e. The molecule has 0 atom stereocenters. The molecule has 5 nitrogen and oxygen atoms in total. The van der Waals surface area contributed by atoms with Crippen LogP contribution in [0.3, 0.4) is 0 Å². The fourth-order valence-electron chi connectivity index (χ4n) is 0. The average molecular weight is 596 g/mol. The third kappa shape index (κ3) is 211. The van der Waals surface area contributed by atoms with Crippen LogP contribution in [0.1, 0.15) is 0 Å². The van der Waals surface area contributed by atoms with Gasteiger partial charge in [0.1, 0.15) is 0 Å². The van der Waals surface area contributed by atoms with E-state index >= 15 is 0 Å². The second-order valence-corrected chi connectivity index (χ2v) is 15.5. The molecule has 0 fully saturated rings. The van der Waals surface area contributed by atoms with Crippen molar-refractivity contribution in [2.45, 2.75) is 0 Å². The van der Waals surface area contributed by atoms with E-state index in [0.717, 1.165) is 0 Å². The Hall–Kier alpha value is 3.76. The number of halogens is 4. The van der Waals surface area contributed by atoms with Gasteiger partial charge in [-0.1, -0.05) is 0 Å². The van der Waals surface area contributed by atoms with Crippen LogP contribution in [0.2, 0.25) is 0 Å². The van der Waals surface area contributed by atoms with Gasteiger partial charge in [0.2, 0.25) is 0 Å². The molecule has 0 radical (unpaired) electrons. The molecule has 0 aromatic heterocycles. The molecule has 0 aliphatic carbocycles. The summed E-state index contributed by atoms with van der Waals surface area (Å²) in [6.45, 7) is 0. The standard InChI is InChI=1S/3Cd.4ClH.H2O4S.H2O/c;;;;;;;1-5(2,3)4;/h;;;4*1H;(H2,1,2,3,4);1H2/q;2*+2;;;;;;/p-3. The van der Waals surface area contributed by atoms with Crippen molar-refractivity contribution < 1.29 is 127 Å². The first-order valence-corrected chi connectivity index (χ1v) is 25.2. The molecule has 0 saturated carbocycles. The molecule has 0 unspecified atom stereocenters. The first-order chi connectivity index (χ1) is 4.83. The van der Waals surface area contributed by atoms with Crippen LogP contribution in [0.25, 0.3) is 0 Å². The van der Waals surface area contributed by atoms with Gasteiger partial charge in [-0.2, -0.15) is 0 Å². The molecular weight excluding hydrogens is 591 g/mol. The van der Waals surface area contributed by atoms with Gasteiger partial charge < -0.3 is 14.6 Å². The third-order valence-electron chi connectivity index (χ3n) is 0. The Bertz CT molecular complexity index is 127. The summed E-state index contributed by atoms with van der Waals surface area (Å²) in [5.74, 6) is 0. The summed E-state index contributed by atoms with van der Waals surface area (Å²) < 4.78 is 34.1. The van der Waals surface area contributed by atoms with Crippen molar-refractivity contribution in [3.8, 4) is 0 Å². The molecular formula is H5Cd3Cl4O5S+. The number of hydrogen-bond acceptors (Lipinski definition) is 5. The summed E-state index contributed by atoms with van der Waals surface area (Å²) in [5.41, 5.74) is 0. The minimum atomic E-state index is -5.17. The molecule has 0 aliphatic rings. The fraction of sp³-hybridized carbons (Fsp3) is 0. The van der Waals surface area contributed by atoms with Crippen molar-refractivity contribution in [3.05, 3.63) is 0 Å². The predicted octanol–water partition coefficient (Wildman–Crippen LogP) is -2.59. The first kappa shape index (κ1) is 30.1. The maximum absolute atomic E-state index is 8.52. The van der Waals surface area contributed by atoms with E-state index in [1.54, 1.807) is 0 Å². The van der Waals surface area contributed by atoms with E-state index in [1.807, 2.05) is 0 Å². The second kappa shape index (κ2) is 24.8. The van der Waals surface area contributed by atoms with E-state index in [0.29, 0.717) is 0 Å². The summed E-state index contributed by atoms with van der Waals surface area (Å²) in [5, 5.41) is 0. The molecule has 0 bridgehead atoms. The van der Waals surface area contributed by atoms with Crippen LogP contribution in [-0.2, 0) is 81.3 Å². The summed E-state index contributed by atoms with van der Waals surface area (Å²) >= 11 is -1.69. The Kier molecular flexibility index (Phi) is 57.5. The molecule has 74 valence electrons. The van der Waals surface area contributed by atoms with E-state index in [9.17, 15) is 0 Å². The van der Waals surface area contributed by atoms with Gasteiger partial charge in [-0.25, -0.2) is 0 Å². The van der Waals surface area contributed by atoms with E-state index in [4.69, 9.17) is 17.5 Å². The van der Waals surface area contributed by atoms with Gasteiger partial charge in [-0.05, 0) is 0 Å². The predicted molar refractivity (Wildman–Crippen MR) is 18.0 cm³/mol. The van der Waals surface area contributed by atoms with Crippen molar-refractivity contribution in [2.75, 3.05) is 0 Å². The number of hydrogen-bond donors (Lipinski definition) is 0. The fourth-order valence-corrected chi connectivity index (χ4v) is 0. The van der Waals surface area contributed by atoms with E-state index in [1.165, 1.54) is 0 Å². The molecule has 0 aromatic rings. The molecule has 0 spiro atoms. The quantitative estimate of drug-likeness (QED) is 0.173. The van der Waals surface area contributed by atoms with E-state index < -0.39 is 54.0 Å². The normalized spacial score (nSPS) is 6.00. The van der Waals surface area contributed by atoms with Gasteiger partial charge in [0.15, 0.2) is 0 Å². The van der Waals surface area contributed by atoms with Crippen LogP contribution in [0.15, 0.2) is 0 Å². The SMILES string of the molecule is O=S(=O)([O-])[O-].[Cd].[ClH+][Cd][ClH+].[ClH+][Cd][ClH+].[OH-]. The van der Waals surface area contributed by atoms with Crippen molar-refractivity contribution >= 4 is 10.4 Å². The van der Waals surface area contributed by atoms with Crippen LogP contribution < -0.4 is 0 Å². The summed E-state index contributed by atoms with van der Waals surface area (Å²) in [7, 11) is 12.5. The average Bonchev–Trinajstić information content (AvgIpc) is 1.62. The van der Waals surface area contributed by atoms with Crippen molar-refractivity contribution in [1.29, 1.82) is 0 Å².